The number of H-pyrrole nitrogens is 1. The zero-order valence-corrected chi connectivity index (χ0v) is 10.4. The van der Waals surface area contributed by atoms with E-state index in [2.05, 4.69) is 10.1 Å². The molecule has 3 N–H and O–H groups in total. The molecule has 7 nitrogen and oxygen atoms in total. The summed E-state index contributed by atoms with van der Waals surface area (Å²) in [6, 6.07) is 3.56. The highest BCUT2D eigenvalue weighted by Gasteiger charge is 2.17. The lowest BCUT2D eigenvalue weighted by Gasteiger charge is -2.12. The molecule has 0 fully saturated rings. The summed E-state index contributed by atoms with van der Waals surface area (Å²) >= 11 is 1.26. The number of nitrogens with one attached hydrogen (secondary N) is 1. The van der Waals surface area contributed by atoms with Crippen molar-refractivity contribution in [3.05, 3.63) is 44.9 Å². The molecule has 0 spiro atoms. The average molecular weight is 268 g/mol. The Morgan fingerprint density at radius 2 is 2.39 bits per heavy atom. The van der Waals surface area contributed by atoms with Gasteiger partial charge < -0.3 is 10.2 Å². The number of aromatic nitrogens is 3. The third-order valence-electron chi connectivity index (χ3n) is 2.27. The molecule has 0 amide bonds. The molecule has 18 heavy (non-hydrogen) atoms. The number of nitrogens with two attached hydrogens (primary N) is 1. The van der Waals surface area contributed by atoms with Crippen molar-refractivity contribution >= 4 is 11.8 Å². The first kappa shape index (κ1) is 12.7. The van der Waals surface area contributed by atoms with E-state index in [-0.39, 0.29) is 5.25 Å². The van der Waals surface area contributed by atoms with Crippen molar-refractivity contribution in [1.82, 2.24) is 14.8 Å². The van der Waals surface area contributed by atoms with Gasteiger partial charge in [0.2, 0.25) is 0 Å². The van der Waals surface area contributed by atoms with Crippen molar-refractivity contribution < 1.29 is 4.42 Å². The second-order valence-electron chi connectivity index (χ2n) is 3.56. The number of rotatable bonds is 4. The molecule has 0 aromatic carbocycles. The first-order valence-electron chi connectivity index (χ1n) is 5.19. The predicted molar refractivity (Wildman–Crippen MR) is 66.5 cm³/mol. The van der Waals surface area contributed by atoms with Gasteiger partial charge in [-0.05, 0) is 12.1 Å². The van der Waals surface area contributed by atoms with Crippen LogP contribution in [0.25, 0.3) is 0 Å². The lowest BCUT2D eigenvalue weighted by atomic mass is 10.3. The van der Waals surface area contributed by atoms with Gasteiger partial charge in [0.05, 0.1) is 11.5 Å². The first-order chi connectivity index (χ1) is 8.61. The van der Waals surface area contributed by atoms with Crippen molar-refractivity contribution in [2.75, 3.05) is 6.54 Å². The number of hydrogen-bond acceptors (Lipinski definition) is 6. The zero-order valence-electron chi connectivity index (χ0n) is 9.62. The fraction of sp³-hybridized carbons (Fsp3) is 0.300. The summed E-state index contributed by atoms with van der Waals surface area (Å²) in [6.45, 7) is 0.327. The van der Waals surface area contributed by atoms with Crippen LogP contribution in [-0.4, -0.2) is 21.3 Å². The zero-order chi connectivity index (χ0) is 13.1. The van der Waals surface area contributed by atoms with Gasteiger partial charge in [0.25, 0.3) is 0 Å². The van der Waals surface area contributed by atoms with Crippen LogP contribution in [0.15, 0.2) is 37.6 Å². The summed E-state index contributed by atoms with van der Waals surface area (Å²) in [5, 5.41) is 2.59. The lowest BCUT2D eigenvalue weighted by Crippen LogP contribution is -2.34. The average Bonchev–Trinajstić information content (AvgIpc) is 2.85. The van der Waals surface area contributed by atoms with Crippen LogP contribution >= 0.6 is 11.8 Å². The van der Waals surface area contributed by atoms with E-state index in [0.717, 1.165) is 0 Å². The molecule has 0 aliphatic carbocycles. The second-order valence-corrected chi connectivity index (χ2v) is 4.73. The highest BCUT2D eigenvalue weighted by Crippen LogP contribution is 2.32. The molecular formula is C10H12N4O3S. The predicted octanol–water partition coefficient (Wildman–Crippen LogP) is -0.146. The minimum Gasteiger partial charge on any atom is -0.468 e. The molecule has 2 heterocycles. The molecule has 0 radical (unpaired) electrons. The van der Waals surface area contributed by atoms with E-state index in [1.807, 2.05) is 0 Å². The quantitative estimate of drug-likeness (QED) is 0.590. The van der Waals surface area contributed by atoms with Crippen LogP contribution in [0.4, 0.5) is 0 Å². The Morgan fingerprint density at radius 3 is 3.00 bits per heavy atom. The third kappa shape index (κ3) is 2.54. The molecule has 0 bridgehead atoms. The van der Waals surface area contributed by atoms with Crippen LogP contribution in [0.2, 0.25) is 0 Å². The third-order valence-corrected chi connectivity index (χ3v) is 3.56. The monoisotopic (exact) mass is 268 g/mol. The topological polar surface area (TPSA) is 107 Å². The minimum absolute atomic E-state index is 0.163. The van der Waals surface area contributed by atoms with Crippen LogP contribution in [0.1, 0.15) is 11.0 Å². The highest BCUT2D eigenvalue weighted by molar-refractivity contribution is 7.99. The van der Waals surface area contributed by atoms with Gasteiger partial charge in [-0.25, -0.2) is 0 Å². The van der Waals surface area contributed by atoms with E-state index in [9.17, 15) is 9.59 Å². The van der Waals surface area contributed by atoms with Gasteiger partial charge in [0.1, 0.15) is 5.76 Å². The van der Waals surface area contributed by atoms with Crippen LogP contribution < -0.4 is 16.9 Å². The van der Waals surface area contributed by atoms with Crippen molar-refractivity contribution in [1.29, 1.82) is 0 Å². The first-order valence-corrected chi connectivity index (χ1v) is 6.07. The SMILES string of the molecule is Cn1[nH]c(=O)c(=O)nc1SC(CN)c1ccco1. The Hall–Kier alpha value is -1.80. The van der Waals surface area contributed by atoms with E-state index in [1.165, 1.54) is 16.4 Å². The summed E-state index contributed by atoms with van der Waals surface area (Å²) in [5.74, 6) is 0.697. The molecule has 1 atom stereocenters. The highest BCUT2D eigenvalue weighted by atomic mass is 32.2. The number of hydrogen-bond donors (Lipinski definition) is 2. The van der Waals surface area contributed by atoms with Crippen molar-refractivity contribution in [3.63, 3.8) is 0 Å². The smallest absolute Gasteiger partial charge is 0.339 e. The molecule has 2 aromatic rings. The van der Waals surface area contributed by atoms with E-state index in [0.29, 0.717) is 17.5 Å². The van der Waals surface area contributed by atoms with Gasteiger partial charge in [-0.2, -0.15) is 4.98 Å². The Bertz CT molecular complexity index is 631. The van der Waals surface area contributed by atoms with Gasteiger partial charge in [0.15, 0.2) is 5.16 Å². The maximum atomic E-state index is 11.2. The maximum Gasteiger partial charge on any atom is 0.339 e. The molecular weight excluding hydrogens is 256 g/mol. The number of furan rings is 1. The molecule has 2 aromatic heterocycles. The molecule has 8 heteroatoms. The Morgan fingerprint density at radius 1 is 1.61 bits per heavy atom. The molecule has 2 rings (SSSR count). The summed E-state index contributed by atoms with van der Waals surface area (Å²) in [7, 11) is 1.60. The largest absolute Gasteiger partial charge is 0.468 e. The van der Waals surface area contributed by atoms with E-state index < -0.39 is 11.1 Å². The molecule has 0 saturated carbocycles. The van der Waals surface area contributed by atoms with Gasteiger partial charge >= 0.3 is 11.1 Å². The van der Waals surface area contributed by atoms with E-state index in [1.54, 1.807) is 25.4 Å². The molecule has 0 aliphatic heterocycles. The minimum atomic E-state index is -0.814. The second kappa shape index (κ2) is 5.23. The van der Waals surface area contributed by atoms with Gasteiger partial charge in [-0.1, -0.05) is 11.8 Å². The van der Waals surface area contributed by atoms with Crippen LogP contribution in [0.5, 0.6) is 0 Å². The number of aryl methyl sites for hydroxylation is 1. The number of nitrogens with zero attached hydrogens (tertiary/aromatic N) is 2. The summed E-state index contributed by atoms with van der Waals surface area (Å²) in [5.41, 5.74) is 4.10. The molecule has 0 saturated heterocycles. The Balaban J connectivity index is 2.31. The molecule has 1 unspecified atom stereocenters. The summed E-state index contributed by atoms with van der Waals surface area (Å²) < 4.78 is 6.65. The summed E-state index contributed by atoms with van der Waals surface area (Å²) in [4.78, 5) is 26.0. The lowest BCUT2D eigenvalue weighted by molar-refractivity contribution is 0.505. The fourth-order valence-electron chi connectivity index (χ4n) is 1.39. The maximum absolute atomic E-state index is 11.2. The van der Waals surface area contributed by atoms with Crippen LogP contribution in [0.3, 0.4) is 0 Å². The normalized spacial score (nSPS) is 12.6. The van der Waals surface area contributed by atoms with Crippen LogP contribution in [-0.2, 0) is 7.05 Å². The van der Waals surface area contributed by atoms with E-state index in [4.69, 9.17) is 10.2 Å². The van der Waals surface area contributed by atoms with Crippen LogP contribution in [0, 0.1) is 0 Å². The van der Waals surface area contributed by atoms with E-state index >= 15 is 0 Å². The fourth-order valence-corrected chi connectivity index (χ4v) is 2.33. The number of aromatic amines is 1. The molecule has 96 valence electrons. The van der Waals surface area contributed by atoms with Crippen molar-refractivity contribution in [2.45, 2.75) is 10.4 Å². The van der Waals surface area contributed by atoms with Crippen molar-refractivity contribution in [3.8, 4) is 0 Å². The molecule has 0 aliphatic rings. The van der Waals surface area contributed by atoms with Gasteiger partial charge in [0, 0.05) is 13.6 Å². The Kier molecular flexibility index (Phi) is 3.68. The number of thioether (sulfide) groups is 1. The van der Waals surface area contributed by atoms with Gasteiger partial charge in [-0.15, -0.1) is 0 Å². The van der Waals surface area contributed by atoms with Crippen molar-refractivity contribution in [2.24, 2.45) is 12.8 Å². The van der Waals surface area contributed by atoms with Gasteiger partial charge in [-0.3, -0.25) is 19.4 Å². The Labute approximate surface area is 106 Å². The summed E-state index contributed by atoms with van der Waals surface area (Å²) in [6.07, 6.45) is 1.55. The standard InChI is InChI=1S/C10H12N4O3S/c1-14-10(12-8(15)9(16)13-14)18-7(5-11)6-3-2-4-17-6/h2-4,7H,5,11H2,1H3,(H,13,16).